The van der Waals surface area contributed by atoms with Crippen molar-refractivity contribution in [3.63, 3.8) is 0 Å². The molecular formula is C21H14Cl2N4O2. The molecule has 2 aliphatic rings. The Bertz CT molecular complexity index is 1190. The molecule has 0 bridgehead atoms. The van der Waals surface area contributed by atoms with Crippen LogP contribution in [0, 0.1) is 18.3 Å². The van der Waals surface area contributed by atoms with Gasteiger partial charge in [-0.25, -0.2) is 4.90 Å². The number of amides is 2. The van der Waals surface area contributed by atoms with Gasteiger partial charge >= 0.3 is 0 Å². The molecule has 0 unspecified atom stereocenters. The molecule has 2 aromatic carbocycles. The lowest BCUT2D eigenvalue weighted by Crippen LogP contribution is -2.32. The Labute approximate surface area is 177 Å². The van der Waals surface area contributed by atoms with Gasteiger partial charge < -0.3 is 10.2 Å². The number of fused-ring (bicyclic) bond motifs is 1. The van der Waals surface area contributed by atoms with Crippen LogP contribution in [0.15, 0.2) is 64.5 Å². The van der Waals surface area contributed by atoms with E-state index in [9.17, 15) is 14.9 Å². The van der Waals surface area contributed by atoms with Crippen LogP contribution in [0.25, 0.3) is 0 Å². The molecule has 0 aliphatic carbocycles. The first-order valence-electron chi connectivity index (χ1n) is 8.64. The summed E-state index contributed by atoms with van der Waals surface area (Å²) in [5, 5.41) is 13.2. The number of anilines is 3. The minimum absolute atomic E-state index is 0.00108. The van der Waals surface area contributed by atoms with Crippen LogP contribution in [0.1, 0.15) is 5.56 Å². The molecule has 0 spiro atoms. The SMILES string of the molecule is Cc1cc(Cl)ccc1N1C(=O)C(Cl)=C(C(C#N)=C2Nc3ccccc3N2C)C1=O. The number of imide groups is 1. The summed E-state index contributed by atoms with van der Waals surface area (Å²) in [6, 6.07) is 14.3. The highest BCUT2D eigenvalue weighted by Gasteiger charge is 2.42. The monoisotopic (exact) mass is 424 g/mol. The van der Waals surface area contributed by atoms with Crippen LogP contribution in [0.2, 0.25) is 5.02 Å². The van der Waals surface area contributed by atoms with Crippen LogP contribution < -0.4 is 15.1 Å². The van der Waals surface area contributed by atoms with E-state index < -0.39 is 11.8 Å². The molecule has 2 amide bonds. The molecule has 6 nitrogen and oxygen atoms in total. The Morgan fingerprint density at radius 2 is 1.79 bits per heavy atom. The van der Waals surface area contributed by atoms with Gasteiger partial charge in [-0.15, -0.1) is 0 Å². The van der Waals surface area contributed by atoms with Gasteiger partial charge in [-0.2, -0.15) is 5.26 Å². The fourth-order valence-electron chi connectivity index (χ4n) is 3.47. The number of benzene rings is 2. The summed E-state index contributed by atoms with van der Waals surface area (Å²) in [6.07, 6.45) is 0. The van der Waals surface area contributed by atoms with Crippen LogP contribution in [0.5, 0.6) is 0 Å². The predicted octanol–water partition coefficient (Wildman–Crippen LogP) is 4.31. The molecule has 0 atom stereocenters. The highest BCUT2D eigenvalue weighted by Crippen LogP contribution is 2.40. The standard InChI is InChI=1S/C21H14Cl2N4O2/c1-11-9-12(22)7-8-15(11)27-20(28)17(18(23)21(27)29)13(10-24)19-25-14-5-3-4-6-16(14)26(19)2/h3-9,25H,1-2H3. The minimum atomic E-state index is -0.677. The molecule has 1 N–H and O–H groups in total. The maximum atomic E-state index is 13.2. The second-order valence-electron chi connectivity index (χ2n) is 6.60. The van der Waals surface area contributed by atoms with Gasteiger partial charge in [0.05, 0.1) is 22.6 Å². The van der Waals surface area contributed by atoms with E-state index in [1.165, 1.54) is 0 Å². The van der Waals surface area contributed by atoms with Gasteiger partial charge in [0.15, 0.2) is 0 Å². The van der Waals surface area contributed by atoms with Crippen molar-refractivity contribution in [2.75, 3.05) is 22.2 Å². The Morgan fingerprint density at radius 1 is 1.07 bits per heavy atom. The average molecular weight is 425 g/mol. The number of carbonyl (C=O) groups is 2. The van der Waals surface area contributed by atoms with Gasteiger partial charge in [0.25, 0.3) is 11.8 Å². The topological polar surface area (TPSA) is 76.4 Å². The molecule has 4 rings (SSSR count). The van der Waals surface area contributed by atoms with Crippen LogP contribution in [-0.2, 0) is 9.59 Å². The Balaban J connectivity index is 1.82. The lowest BCUT2D eigenvalue weighted by Gasteiger charge is -2.18. The third-order valence-corrected chi connectivity index (χ3v) is 5.47. The second kappa shape index (κ2) is 6.96. The van der Waals surface area contributed by atoms with E-state index in [2.05, 4.69) is 5.32 Å². The first kappa shape index (κ1) is 19.1. The van der Waals surface area contributed by atoms with E-state index in [4.69, 9.17) is 23.2 Å². The number of nitriles is 1. The van der Waals surface area contributed by atoms with Crippen LogP contribution in [0.3, 0.4) is 0 Å². The molecule has 0 saturated heterocycles. The molecule has 144 valence electrons. The minimum Gasteiger partial charge on any atom is -0.339 e. The second-order valence-corrected chi connectivity index (χ2v) is 7.42. The maximum absolute atomic E-state index is 13.2. The first-order chi connectivity index (χ1) is 13.8. The van der Waals surface area contributed by atoms with Crippen molar-refractivity contribution in [2.45, 2.75) is 6.92 Å². The van der Waals surface area contributed by atoms with Gasteiger partial charge in [-0.05, 0) is 42.8 Å². The lowest BCUT2D eigenvalue weighted by molar-refractivity contribution is -0.120. The zero-order valence-electron chi connectivity index (χ0n) is 15.5. The number of nitrogens with zero attached hydrogens (tertiary/aromatic N) is 3. The summed E-state index contributed by atoms with van der Waals surface area (Å²) < 4.78 is 0. The van der Waals surface area contributed by atoms with Crippen molar-refractivity contribution in [2.24, 2.45) is 0 Å². The Hall–Kier alpha value is -3.27. The molecule has 29 heavy (non-hydrogen) atoms. The predicted molar refractivity (Wildman–Crippen MR) is 113 cm³/mol. The average Bonchev–Trinajstić information content (AvgIpc) is 3.13. The lowest BCUT2D eigenvalue weighted by atomic mass is 10.1. The van der Waals surface area contributed by atoms with Crippen molar-refractivity contribution >= 4 is 52.1 Å². The van der Waals surface area contributed by atoms with E-state index >= 15 is 0 Å². The molecule has 0 radical (unpaired) electrons. The van der Waals surface area contributed by atoms with Gasteiger partial charge in [-0.1, -0.05) is 35.3 Å². The molecule has 2 heterocycles. The van der Waals surface area contributed by atoms with Crippen molar-refractivity contribution in [3.05, 3.63) is 75.1 Å². The largest absolute Gasteiger partial charge is 0.339 e. The summed E-state index contributed by atoms with van der Waals surface area (Å²) in [6.45, 7) is 1.74. The zero-order valence-corrected chi connectivity index (χ0v) is 17.0. The number of nitrogens with one attached hydrogen (secondary N) is 1. The van der Waals surface area contributed by atoms with E-state index in [1.54, 1.807) is 37.1 Å². The summed E-state index contributed by atoms with van der Waals surface area (Å²) in [5.41, 5.74) is 2.51. The number of halogens is 2. The zero-order chi connectivity index (χ0) is 20.9. The van der Waals surface area contributed by atoms with E-state index in [1.807, 2.05) is 30.3 Å². The van der Waals surface area contributed by atoms with Crippen molar-refractivity contribution in [3.8, 4) is 6.07 Å². The fourth-order valence-corrected chi connectivity index (χ4v) is 3.96. The number of carbonyl (C=O) groups excluding carboxylic acids is 2. The molecule has 2 aliphatic heterocycles. The summed E-state index contributed by atoms with van der Waals surface area (Å²) in [4.78, 5) is 28.7. The maximum Gasteiger partial charge on any atom is 0.277 e. The van der Waals surface area contributed by atoms with Gasteiger partial charge in [0, 0.05) is 12.1 Å². The van der Waals surface area contributed by atoms with E-state index in [0.717, 1.165) is 16.3 Å². The van der Waals surface area contributed by atoms with Crippen LogP contribution in [0.4, 0.5) is 17.1 Å². The number of aryl methyl sites for hydroxylation is 1. The van der Waals surface area contributed by atoms with Crippen molar-refractivity contribution in [1.82, 2.24) is 0 Å². The summed E-state index contributed by atoms with van der Waals surface area (Å²) in [5.74, 6) is -0.943. The van der Waals surface area contributed by atoms with E-state index in [0.29, 0.717) is 22.1 Å². The molecule has 0 aromatic heterocycles. The number of rotatable bonds is 2. The normalized spacial score (nSPS) is 17.5. The Kier molecular flexibility index (Phi) is 4.58. The molecule has 2 aromatic rings. The van der Waals surface area contributed by atoms with Crippen LogP contribution >= 0.6 is 23.2 Å². The Morgan fingerprint density at radius 3 is 2.45 bits per heavy atom. The number of hydrogen-bond donors (Lipinski definition) is 1. The summed E-state index contributed by atoms with van der Waals surface area (Å²) in [7, 11) is 1.77. The number of para-hydroxylation sites is 2. The summed E-state index contributed by atoms with van der Waals surface area (Å²) >= 11 is 12.3. The third kappa shape index (κ3) is 2.87. The van der Waals surface area contributed by atoms with Crippen molar-refractivity contribution in [1.29, 1.82) is 5.26 Å². The molecule has 0 saturated carbocycles. The van der Waals surface area contributed by atoms with Crippen molar-refractivity contribution < 1.29 is 9.59 Å². The smallest absolute Gasteiger partial charge is 0.277 e. The van der Waals surface area contributed by atoms with Gasteiger partial charge in [-0.3, -0.25) is 9.59 Å². The number of hydrogen-bond acceptors (Lipinski definition) is 5. The molecule has 0 fully saturated rings. The molecular weight excluding hydrogens is 411 g/mol. The fraction of sp³-hybridized carbons (Fsp3) is 0.0952. The first-order valence-corrected chi connectivity index (χ1v) is 9.40. The van der Waals surface area contributed by atoms with Gasteiger partial charge in [0.2, 0.25) is 0 Å². The van der Waals surface area contributed by atoms with Crippen LogP contribution in [-0.4, -0.2) is 18.9 Å². The molecule has 8 heteroatoms. The third-order valence-electron chi connectivity index (χ3n) is 4.88. The quantitative estimate of drug-likeness (QED) is 0.573. The van der Waals surface area contributed by atoms with E-state index in [-0.39, 0.29) is 16.2 Å². The highest BCUT2D eigenvalue weighted by molar-refractivity contribution is 6.53. The van der Waals surface area contributed by atoms with Gasteiger partial charge in [0.1, 0.15) is 22.5 Å². The highest BCUT2D eigenvalue weighted by atomic mass is 35.5.